The highest BCUT2D eigenvalue weighted by Gasteiger charge is 2.31. The van der Waals surface area contributed by atoms with E-state index in [2.05, 4.69) is 20.1 Å². The average molecular weight is 172 g/mol. The summed E-state index contributed by atoms with van der Waals surface area (Å²) < 4.78 is 0. The Morgan fingerprint density at radius 3 is 2.18 bits per heavy atom. The summed E-state index contributed by atoms with van der Waals surface area (Å²) in [5, 5.41) is 0.850. The highest BCUT2D eigenvalue weighted by Crippen LogP contribution is 2.42. The van der Waals surface area contributed by atoms with Crippen molar-refractivity contribution in [3.63, 3.8) is 0 Å². The van der Waals surface area contributed by atoms with Gasteiger partial charge in [0.25, 0.3) is 0 Å². The predicted molar refractivity (Wildman–Crippen MR) is 54.2 cm³/mol. The molecule has 0 N–H and O–H groups in total. The van der Waals surface area contributed by atoms with Crippen LogP contribution >= 0.6 is 11.8 Å². The van der Waals surface area contributed by atoms with E-state index in [1.54, 1.807) is 0 Å². The third-order valence-electron chi connectivity index (χ3n) is 3.33. The lowest BCUT2D eigenvalue weighted by Gasteiger charge is -2.38. The van der Waals surface area contributed by atoms with Crippen LogP contribution in [-0.2, 0) is 0 Å². The fourth-order valence-electron chi connectivity index (χ4n) is 2.05. The van der Waals surface area contributed by atoms with Crippen LogP contribution in [0.1, 0.15) is 46.0 Å². The maximum absolute atomic E-state index is 2.47. The van der Waals surface area contributed by atoms with Crippen LogP contribution in [0, 0.1) is 5.41 Å². The Hall–Kier alpha value is 0.350. The van der Waals surface area contributed by atoms with Crippen molar-refractivity contribution < 1.29 is 0 Å². The van der Waals surface area contributed by atoms with Crippen molar-refractivity contribution in [1.29, 1.82) is 0 Å². The topological polar surface area (TPSA) is 0 Å². The Morgan fingerprint density at radius 2 is 1.73 bits per heavy atom. The van der Waals surface area contributed by atoms with Crippen molar-refractivity contribution in [3.8, 4) is 0 Å². The maximum Gasteiger partial charge on any atom is 0.00697 e. The molecular formula is C10H20S. The smallest absolute Gasteiger partial charge is 0.00697 e. The van der Waals surface area contributed by atoms with Crippen LogP contribution in [0.3, 0.4) is 0 Å². The molecule has 0 radical (unpaired) electrons. The minimum absolute atomic E-state index is 0.650. The van der Waals surface area contributed by atoms with Gasteiger partial charge in [-0.15, -0.1) is 0 Å². The SMILES string of the molecule is CSC(C)C1(C)CCCCC1. The molecule has 0 aromatic rings. The van der Waals surface area contributed by atoms with Crippen molar-refractivity contribution in [2.45, 2.75) is 51.2 Å². The molecule has 66 valence electrons. The van der Waals surface area contributed by atoms with Crippen LogP contribution in [0.2, 0.25) is 0 Å². The Kier molecular flexibility index (Phi) is 3.29. The van der Waals surface area contributed by atoms with Gasteiger partial charge in [0, 0.05) is 5.25 Å². The lowest BCUT2D eigenvalue weighted by Crippen LogP contribution is -2.29. The molecule has 1 atom stereocenters. The van der Waals surface area contributed by atoms with Crippen molar-refractivity contribution >= 4 is 11.8 Å². The van der Waals surface area contributed by atoms with E-state index in [9.17, 15) is 0 Å². The molecule has 0 aliphatic heterocycles. The van der Waals surface area contributed by atoms with Crippen LogP contribution in [0.15, 0.2) is 0 Å². The van der Waals surface area contributed by atoms with Crippen LogP contribution in [-0.4, -0.2) is 11.5 Å². The van der Waals surface area contributed by atoms with Gasteiger partial charge >= 0.3 is 0 Å². The summed E-state index contributed by atoms with van der Waals surface area (Å²) >= 11 is 2.03. The van der Waals surface area contributed by atoms with Gasteiger partial charge in [0.1, 0.15) is 0 Å². The van der Waals surface area contributed by atoms with E-state index in [1.807, 2.05) is 11.8 Å². The molecule has 1 aliphatic carbocycles. The zero-order chi connectivity index (χ0) is 8.32. The third kappa shape index (κ3) is 2.14. The van der Waals surface area contributed by atoms with Gasteiger partial charge in [-0.2, -0.15) is 11.8 Å². The molecule has 1 unspecified atom stereocenters. The van der Waals surface area contributed by atoms with E-state index in [1.165, 1.54) is 32.1 Å². The number of hydrogen-bond donors (Lipinski definition) is 0. The normalized spacial score (nSPS) is 26.5. The molecule has 0 heterocycles. The molecule has 1 rings (SSSR count). The van der Waals surface area contributed by atoms with Gasteiger partial charge in [0.05, 0.1) is 0 Å². The number of thioether (sulfide) groups is 1. The van der Waals surface area contributed by atoms with Gasteiger partial charge < -0.3 is 0 Å². The molecule has 0 aromatic heterocycles. The third-order valence-corrected chi connectivity index (χ3v) is 4.61. The van der Waals surface area contributed by atoms with Gasteiger partial charge in [-0.25, -0.2) is 0 Å². The Morgan fingerprint density at radius 1 is 1.18 bits per heavy atom. The molecule has 0 amide bonds. The predicted octanol–water partition coefficient (Wildman–Crippen LogP) is 3.71. The monoisotopic (exact) mass is 172 g/mol. The van der Waals surface area contributed by atoms with Crippen molar-refractivity contribution in [2.75, 3.05) is 6.26 Å². The van der Waals surface area contributed by atoms with Gasteiger partial charge in [0.2, 0.25) is 0 Å². The number of hydrogen-bond acceptors (Lipinski definition) is 1. The van der Waals surface area contributed by atoms with Crippen molar-refractivity contribution in [3.05, 3.63) is 0 Å². The van der Waals surface area contributed by atoms with Gasteiger partial charge in [-0.05, 0) is 24.5 Å². The van der Waals surface area contributed by atoms with Gasteiger partial charge in [0.15, 0.2) is 0 Å². The molecule has 0 aromatic carbocycles. The molecule has 1 saturated carbocycles. The first-order valence-electron chi connectivity index (χ1n) is 4.72. The van der Waals surface area contributed by atoms with E-state index in [0.29, 0.717) is 5.41 Å². The lowest BCUT2D eigenvalue weighted by atomic mass is 9.74. The second-order valence-electron chi connectivity index (χ2n) is 4.09. The first kappa shape index (κ1) is 9.44. The molecule has 11 heavy (non-hydrogen) atoms. The highest BCUT2D eigenvalue weighted by molar-refractivity contribution is 7.99. The summed E-state index contributed by atoms with van der Waals surface area (Å²) in [7, 11) is 0. The quantitative estimate of drug-likeness (QED) is 0.612. The van der Waals surface area contributed by atoms with Crippen molar-refractivity contribution in [1.82, 2.24) is 0 Å². The van der Waals surface area contributed by atoms with Crippen LogP contribution in [0.5, 0.6) is 0 Å². The summed E-state index contributed by atoms with van der Waals surface area (Å²) in [6, 6.07) is 0. The molecule has 1 aliphatic rings. The second kappa shape index (κ2) is 3.84. The van der Waals surface area contributed by atoms with E-state index < -0.39 is 0 Å². The highest BCUT2D eigenvalue weighted by atomic mass is 32.2. The molecule has 0 bridgehead atoms. The van der Waals surface area contributed by atoms with E-state index >= 15 is 0 Å². The molecule has 1 heteroatoms. The first-order chi connectivity index (χ1) is 5.19. The summed E-state index contributed by atoms with van der Waals surface area (Å²) in [6.07, 6.45) is 9.54. The molecule has 0 spiro atoms. The van der Waals surface area contributed by atoms with Crippen LogP contribution in [0.25, 0.3) is 0 Å². The van der Waals surface area contributed by atoms with E-state index in [4.69, 9.17) is 0 Å². The van der Waals surface area contributed by atoms with Gasteiger partial charge in [-0.1, -0.05) is 33.1 Å². The van der Waals surface area contributed by atoms with Crippen molar-refractivity contribution in [2.24, 2.45) is 5.41 Å². The summed E-state index contributed by atoms with van der Waals surface area (Å²) in [5.74, 6) is 0. The molecule has 0 nitrogen and oxygen atoms in total. The fraction of sp³-hybridized carbons (Fsp3) is 1.00. The Balaban J connectivity index is 2.49. The molecule has 1 fully saturated rings. The second-order valence-corrected chi connectivity index (χ2v) is 5.27. The minimum Gasteiger partial charge on any atom is -0.162 e. The minimum atomic E-state index is 0.650. The fourth-order valence-corrected chi connectivity index (χ4v) is 2.86. The first-order valence-corrected chi connectivity index (χ1v) is 6.00. The average Bonchev–Trinajstić information content (AvgIpc) is 2.04. The zero-order valence-electron chi connectivity index (χ0n) is 8.02. The molecular weight excluding hydrogens is 152 g/mol. The Labute approximate surface area is 75.1 Å². The molecule has 0 saturated heterocycles. The summed E-state index contributed by atoms with van der Waals surface area (Å²) in [5.41, 5.74) is 0.650. The summed E-state index contributed by atoms with van der Waals surface area (Å²) in [6.45, 7) is 4.85. The summed E-state index contributed by atoms with van der Waals surface area (Å²) in [4.78, 5) is 0. The Bertz CT molecular complexity index is 114. The lowest BCUT2D eigenvalue weighted by molar-refractivity contribution is 0.216. The maximum atomic E-state index is 2.47. The van der Waals surface area contributed by atoms with Crippen LogP contribution < -0.4 is 0 Å². The largest absolute Gasteiger partial charge is 0.162 e. The van der Waals surface area contributed by atoms with E-state index in [0.717, 1.165) is 5.25 Å². The standard InChI is InChI=1S/C10H20S/c1-9(11-3)10(2)7-5-4-6-8-10/h9H,4-8H2,1-3H3. The van der Waals surface area contributed by atoms with Crippen LogP contribution in [0.4, 0.5) is 0 Å². The van der Waals surface area contributed by atoms with Gasteiger partial charge in [-0.3, -0.25) is 0 Å². The van der Waals surface area contributed by atoms with E-state index in [-0.39, 0.29) is 0 Å². The zero-order valence-corrected chi connectivity index (χ0v) is 8.84. The number of rotatable bonds is 2.